The fourth-order valence-corrected chi connectivity index (χ4v) is 1.43. The molecule has 0 radical (unpaired) electrons. The molecule has 0 spiro atoms. The molecule has 0 aliphatic rings. The summed E-state index contributed by atoms with van der Waals surface area (Å²) in [4.78, 5) is 13.5. The van der Waals surface area contributed by atoms with E-state index >= 15 is 0 Å². The SMILES string of the molecule is CC(C)CCN(C)C(=O)c1ccc(N)c(F)c1. The molecule has 0 aliphatic heterocycles. The zero-order chi connectivity index (χ0) is 13.0. The molecule has 0 bridgehead atoms. The summed E-state index contributed by atoms with van der Waals surface area (Å²) < 4.78 is 13.2. The van der Waals surface area contributed by atoms with Crippen LogP contribution in [0.3, 0.4) is 0 Å². The molecule has 0 atom stereocenters. The minimum atomic E-state index is -0.548. The second-order valence-corrected chi connectivity index (χ2v) is 4.65. The monoisotopic (exact) mass is 238 g/mol. The lowest BCUT2D eigenvalue weighted by Crippen LogP contribution is -2.28. The fraction of sp³-hybridized carbons (Fsp3) is 0.462. The molecule has 94 valence electrons. The van der Waals surface area contributed by atoms with Crippen LogP contribution in [0.4, 0.5) is 10.1 Å². The van der Waals surface area contributed by atoms with Crippen LogP contribution in [0.1, 0.15) is 30.6 Å². The quantitative estimate of drug-likeness (QED) is 0.819. The molecule has 1 aromatic carbocycles. The second-order valence-electron chi connectivity index (χ2n) is 4.65. The highest BCUT2D eigenvalue weighted by Gasteiger charge is 2.13. The molecule has 17 heavy (non-hydrogen) atoms. The molecule has 1 aromatic rings. The topological polar surface area (TPSA) is 46.3 Å². The summed E-state index contributed by atoms with van der Waals surface area (Å²) >= 11 is 0. The average Bonchev–Trinajstić information content (AvgIpc) is 2.28. The predicted octanol–water partition coefficient (Wildman–Crippen LogP) is 2.53. The highest BCUT2D eigenvalue weighted by Crippen LogP contribution is 2.13. The van der Waals surface area contributed by atoms with E-state index in [0.717, 1.165) is 6.42 Å². The van der Waals surface area contributed by atoms with Crippen molar-refractivity contribution >= 4 is 11.6 Å². The Hall–Kier alpha value is -1.58. The third-order valence-corrected chi connectivity index (χ3v) is 2.64. The number of hydrogen-bond acceptors (Lipinski definition) is 2. The Bertz CT molecular complexity index is 404. The van der Waals surface area contributed by atoms with Gasteiger partial charge in [0.15, 0.2) is 0 Å². The number of carbonyl (C=O) groups is 1. The van der Waals surface area contributed by atoms with Gasteiger partial charge in [0, 0.05) is 19.2 Å². The Morgan fingerprint density at radius 3 is 2.65 bits per heavy atom. The van der Waals surface area contributed by atoms with Crippen LogP contribution in [0.2, 0.25) is 0 Å². The van der Waals surface area contributed by atoms with Crippen LogP contribution in [0.15, 0.2) is 18.2 Å². The normalized spacial score (nSPS) is 10.6. The van der Waals surface area contributed by atoms with Crippen LogP contribution < -0.4 is 5.73 Å². The third kappa shape index (κ3) is 3.73. The van der Waals surface area contributed by atoms with Crippen molar-refractivity contribution in [3.8, 4) is 0 Å². The molecular formula is C13H19FN2O. The van der Waals surface area contributed by atoms with Gasteiger partial charge in [-0.15, -0.1) is 0 Å². The number of nitrogens with zero attached hydrogens (tertiary/aromatic N) is 1. The highest BCUT2D eigenvalue weighted by molar-refractivity contribution is 5.94. The van der Waals surface area contributed by atoms with Crippen LogP contribution in [0, 0.1) is 11.7 Å². The summed E-state index contributed by atoms with van der Waals surface area (Å²) in [5.41, 5.74) is 5.76. The molecule has 2 N–H and O–H groups in total. The van der Waals surface area contributed by atoms with E-state index in [2.05, 4.69) is 13.8 Å². The number of nitrogens with two attached hydrogens (primary N) is 1. The van der Waals surface area contributed by atoms with Crippen molar-refractivity contribution in [2.75, 3.05) is 19.3 Å². The van der Waals surface area contributed by atoms with Gasteiger partial charge in [-0.3, -0.25) is 4.79 Å². The minimum Gasteiger partial charge on any atom is -0.396 e. The van der Waals surface area contributed by atoms with Gasteiger partial charge < -0.3 is 10.6 Å². The van der Waals surface area contributed by atoms with E-state index in [1.807, 2.05) is 0 Å². The molecule has 0 saturated heterocycles. The van der Waals surface area contributed by atoms with Gasteiger partial charge in [0.1, 0.15) is 5.82 Å². The van der Waals surface area contributed by atoms with E-state index in [9.17, 15) is 9.18 Å². The first-order valence-corrected chi connectivity index (χ1v) is 5.72. The Labute approximate surface area is 101 Å². The van der Waals surface area contributed by atoms with Crippen LogP contribution in [0.5, 0.6) is 0 Å². The Morgan fingerprint density at radius 1 is 1.47 bits per heavy atom. The number of benzene rings is 1. The van der Waals surface area contributed by atoms with E-state index in [1.165, 1.54) is 12.1 Å². The van der Waals surface area contributed by atoms with E-state index in [-0.39, 0.29) is 11.6 Å². The molecule has 0 unspecified atom stereocenters. The minimum absolute atomic E-state index is 0.0615. The average molecular weight is 238 g/mol. The summed E-state index contributed by atoms with van der Waals surface area (Å²) in [5, 5.41) is 0. The maximum Gasteiger partial charge on any atom is 0.253 e. The smallest absolute Gasteiger partial charge is 0.253 e. The van der Waals surface area contributed by atoms with E-state index in [1.54, 1.807) is 18.0 Å². The lowest BCUT2D eigenvalue weighted by atomic mass is 10.1. The Kier molecular flexibility index (Phi) is 4.49. The zero-order valence-electron chi connectivity index (χ0n) is 10.5. The number of anilines is 1. The Balaban J connectivity index is 2.71. The maximum atomic E-state index is 13.2. The molecule has 0 saturated carbocycles. The maximum absolute atomic E-state index is 13.2. The third-order valence-electron chi connectivity index (χ3n) is 2.64. The van der Waals surface area contributed by atoms with E-state index < -0.39 is 5.82 Å². The largest absolute Gasteiger partial charge is 0.396 e. The van der Waals surface area contributed by atoms with Crippen molar-refractivity contribution in [1.29, 1.82) is 0 Å². The van der Waals surface area contributed by atoms with Crippen molar-refractivity contribution in [1.82, 2.24) is 4.90 Å². The second kappa shape index (κ2) is 5.66. The molecule has 0 aromatic heterocycles. The molecular weight excluding hydrogens is 219 g/mol. The van der Waals surface area contributed by atoms with Gasteiger partial charge in [-0.05, 0) is 30.5 Å². The lowest BCUT2D eigenvalue weighted by molar-refractivity contribution is 0.0788. The van der Waals surface area contributed by atoms with Gasteiger partial charge >= 0.3 is 0 Å². The number of hydrogen-bond donors (Lipinski definition) is 1. The van der Waals surface area contributed by atoms with Gasteiger partial charge in [0.05, 0.1) is 5.69 Å². The van der Waals surface area contributed by atoms with Crippen molar-refractivity contribution in [2.24, 2.45) is 5.92 Å². The predicted molar refractivity (Wildman–Crippen MR) is 67.2 cm³/mol. The summed E-state index contributed by atoms with van der Waals surface area (Å²) in [6.45, 7) is 4.87. The van der Waals surface area contributed by atoms with Crippen LogP contribution in [0.25, 0.3) is 0 Å². The molecule has 1 amide bonds. The molecule has 3 nitrogen and oxygen atoms in total. The van der Waals surface area contributed by atoms with Gasteiger partial charge in [-0.25, -0.2) is 4.39 Å². The van der Waals surface area contributed by atoms with Crippen molar-refractivity contribution in [2.45, 2.75) is 20.3 Å². The van der Waals surface area contributed by atoms with E-state index in [0.29, 0.717) is 18.0 Å². The van der Waals surface area contributed by atoms with Crippen LogP contribution >= 0.6 is 0 Å². The summed E-state index contributed by atoms with van der Waals surface area (Å²) in [6.07, 6.45) is 0.930. The Morgan fingerprint density at radius 2 is 2.12 bits per heavy atom. The molecule has 0 heterocycles. The van der Waals surface area contributed by atoms with Crippen LogP contribution in [-0.4, -0.2) is 24.4 Å². The van der Waals surface area contributed by atoms with Crippen LogP contribution in [-0.2, 0) is 0 Å². The number of carbonyl (C=O) groups excluding carboxylic acids is 1. The van der Waals surface area contributed by atoms with Crippen molar-refractivity contribution < 1.29 is 9.18 Å². The fourth-order valence-electron chi connectivity index (χ4n) is 1.43. The van der Waals surface area contributed by atoms with Crippen molar-refractivity contribution in [3.63, 3.8) is 0 Å². The first kappa shape index (κ1) is 13.5. The number of halogens is 1. The lowest BCUT2D eigenvalue weighted by Gasteiger charge is -2.18. The zero-order valence-corrected chi connectivity index (χ0v) is 10.5. The van der Waals surface area contributed by atoms with E-state index in [4.69, 9.17) is 5.73 Å². The molecule has 4 heteroatoms. The summed E-state index contributed by atoms with van der Waals surface area (Å²) in [6, 6.07) is 4.15. The van der Waals surface area contributed by atoms with Gasteiger partial charge in [-0.2, -0.15) is 0 Å². The summed E-state index contributed by atoms with van der Waals surface area (Å²) in [7, 11) is 1.72. The molecule has 0 fully saturated rings. The van der Waals surface area contributed by atoms with Gasteiger partial charge in [-0.1, -0.05) is 13.8 Å². The summed E-state index contributed by atoms with van der Waals surface area (Å²) in [5.74, 6) is -0.189. The first-order chi connectivity index (χ1) is 7.91. The standard InChI is InChI=1S/C13H19FN2O/c1-9(2)6-7-16(3)13(17)10-4-5-12(15)11(14)8-10/h4-5,8-9H,6-7,15H2,1-3H3. The number of nitrogen functional groups attached to an aromatic ring is 1. The number of amides is 1. The highest BCUT2D eigenvalue weighted by atomic mass is 19.1. The number of rotatable bonds is 4. The van der Waals surface area contributed by atoms with Gasteiger partial charge in [0.2, 0.25) is 0 Å². The molecule has 1 rings (SSSR count). The molecule has 0 aliphatic carbocycles. The van der Waals surface area contributed by atoms with Crippen molar-refractivity contribution in [3.05, 3.63) is 29.6 Å². The first-order valence-electron chi connectivity index (χ1n) is 5.72. The van der Waals surface area contributed by atoms with Gasteiger partial charge in [0.25, 0.3) is 5.91 Å².